The van der Waals surface area contributed by atoms with E-state index in [1.165, 1.54) is 11.1 Å². The Bertz CT molecular complexity index is 1150. The van der Waals surface area contributed by atoms with Gasteiger partial charge in [0.1, 0.15) is 11.6 Å². The minimum Gasteiger partial charge on any atom is -0.349 e. The molecule has 3 aromatic rings. The van der Waals surface area contributed by atoms with Gasteiger partial charge in [0.05, 0.1) is 12.2 Å². The maximum atomic E-state index is 12.7. The van der Waals surface area contributed by atoms with Crippen LogP contribution in [0.3, 0.4) is 0 Å². The lowest BCUT2D eigenvalue weighted by molar-refractivity contribution is -0.121. The molecule has 0 radical (unpaired) electrons. The molecule has 0 unspecified atom stereocenters. The molecule has 0 saturated heterocycles. The van der Waals surface area contributed by atoms with Crippen LogP contribution in [0.25, 0.3) is 5.65 Å². The van der Waals surface area contributed by atoms with Crippen LogP contribution in [0.5, 0.6) is 0 Å². The Morgan fingerprint density at radius 2 is 2.28 bits per heavy atom. The number of aromatic nitrogens is 3. The van der Waals surface area contributed by atoms with Gasteiger partial charge in [-0.05, 0) is 56.0 Å². The molecule has 1 aromatic carbocycles. The van der Waals surface area contributed by atoms with E-state index in [4.69, 9.17) is 11.6 Å². The summed E-state index contributed by atoms with van der Waals surface area (Å²) in [6, 6.07) is 7.96. The van der Waals surface area contributed by atoms with Crippen LogP contribution < -0.4 is 5.32 Å². The first kappa shape index (κ1) is 19.7. The second-order valence-electron chi connectivity index (χ2n) is 7.11. The number of rotatable bonds is 4. The maximum absolute atomic E-state index is 12.7. The molecule has 1 atom stereocenters. The number of fused-ring (bicyclic) bond motifs is 2. The topological polar surface area (TPSA) is 83.1 Å². The number of hydrogen-bond acceptors (Lipinski definition) is 5. The summed E-state index contributed by atoms with van der Waals surface area (Å²) in [6.45, 7) is 3.85. The first-order chi connectivity index (χ1) is 14.0. The van der Waals surface area contributed by atoms with Crippen molar-refractivity contribution in [3.63, 3.8) is 0 Å². The van der Waals surface area contributed by atoms with Crippen LogP contribution in [0.4, 0.5) is 0 Å². The Hall–Kier alpha value is -2.56. The van der Waals surface area contributed by atoms with Crippen LogP contribution in [0.1, 0.15) is 47.0 Å². The highest BCUT2D eigenvalue weighted by Crippen LogP contribution is 2.37. The Labute approximate surface area is 178 Å². The summed E-state index contributed by atoms with van der Waals surface area (Å²) in [5.41, 5.74) is 4.83. The standard InChI is InChI=1S/C21H20ClN5OS/c1-12-16(13(2)27-21(25-12)14(10-23)11-24-27)4-6-20(28)26-18-7-8-29-19-5-3-15(22)9-17(18)19/h3,5,9,11,18H,4,6-8H2,1-2H3,(H,26,28)/t18-/m0/s1. The number of amides is 1. The second kappa shape index (κ2) is 8.05. The predicted octanol–water partition coefficient (Wildman–Crippen LogP) is 4.16. The zero-order valence-corrected chi connectivity index (χ0v) is 17.8. The lowest BCUT2D eigenvalue weighted by atomic mass is 10.0. The molecule has 1 N–H and O–H groups in total. The van der Waals surface area contributed by atoms with Gasteiger partial charge in [0.2, 0.25) is 5.91 Å². The van der Waals surface area contributed by atoms with E-state index >= 15 is 0 Å². The van der Waals surface area contributed by atoms with Crippen molar-refractivity contribution >= 4 is 34.9 Å². The summed E-state index contributed by atoms with van der Waals surface area (Å²) in [7, 11) is 0. The number of thioether (sulfide) groups is 1. The summed E-state index contributed by atoms with van der Waals surface area (Å²) in [5.74, 6) is 0.976. The number of nitrogens with zero attached hydrogens (tertiary/aromatic N) is 4. The highest BCUT2D eigenvalue weighted by Gasteiger charge is 2.23. The number of nitriles is 1. The molecule has 3 heterocycles. The molecule has 0 saturated carbocycles. The van der Waals surface area contributed by atoms with Crippen molar-refractivity contribution in [1.29, 1.82) is 5.26 Å². The monoisotopic (exact) mass is 425 g/mol. The molecular formula is C21H20ClN5OS. The Balaban J connectivity index is 1.49. The van der Waals surface area contributed by atoms with Gasteiger partial charge in [0.15, 0.2) is 5.65 Å². The van der Waals surface area contributed by atoms with E-state index in [-0.39, 0.29) is 11.9 Å². The first-order valence-corrected chi connectivity index (χ1v) is 10.8. The molecule has 1 amide bonds. The number of aryl methyl sites for hydroxylation is 2. The molecule has 1 aliphatic heterocycles. The van der Waals surface area contributed by atoms with Crippen LogP contribution in [0.2, 0.25) is 5.02 Å². The molecule has 0 fully saturated rings. The van der Waals surface area contributed by atoms with E-state index in [1.807, 2.05) is 32.0 Å². The lowest BCUT2D eigenvalue weighted by Crippen LogP contribution is -2.31. The molecule has 6 nitrogen and oxygen atoms in total. The number of halogens is 1. The van der Waals surface area contributed by atoms with E-state index in [2.05, 4.69) is 21.5 Å². The minimum absolute atomic E-state index is 0.00454. The summed E-state index contributed by atoms with van der Waals surface area (Å²) < 4.78 is 1.68. The van der Waals surface area contributed by atoms with Gasteiger partial charge in [0.25, 0.3) is 0 Å². The Kier molecular flexibility index (Phi) is 5.48. The Morgan fingerprint density at radius 3 is 3.07 bits per heavy atom. The average molecular weight is 426 g/mol. The van der Waals surface area contributed by atoms with Crippen LogP contribution >= 0.6 is 23.4 Å². The molecule has 29 heavy (non-hydrogen) atoms. The zero-order chi connectivity index (χ0) is 20.5. The van der Waals surface area contributed by atoms with Crippen LogP contribution in [0.15, 0.2) is 29.3 Å². The SMILES string of the molecule is Cc1nc2c(C#N)cnn2c(C)c1CCC(=O)N[C@H]1CCSc2ccc(Cl)cc21. The van der Waals surface area contributed by atoms with Crippen LogP contribution in [-0.2, 0) is 11.2 Å². The third-order valence-corrected chi connectivity index (χ3v) is 6.64. The van der Waals surface area contributed by atoms with E-state index in [0.717, 1.165) is 34.7 Å². The summed E-state index contributed by atoms with van der Waals surface area (Å²) in [6.07, 6.45) is 3.34. The maximum Gasteiger partial charge on any atom is 0.220 e. The molecule has 0 bridgehead atoms. The lowest BCUT2D eigenvalue weighted by Gasteiger charge is -2.26. The summed E-state index contributed by atoms with van der Waals surface area (Å²) in [4.78, 5) is 18.4. The third kappa shape index (κ3) is 3.83. The second-order valence-corrected chi connectivity index (χ2v) is 8.68. The quantitative estimate of drug-likeness (QED) is 0.678. The van der Waals surface area contributed by atoms with Crippen molar-refractivity contribution in [3.8, 4) is 6.07 Å². The smallest absolute Gasteiger partial charge is 0.220 e. The fourth-order valence-electron chi connectivity index (χ4n) is 3.77. The molecule has 0 aliphatic carbocycles. The number of carbonyl (C=O) groups is 1. The fraction of sp³-hybridized carbons (Fsp3) is 0.333. The highest BCUT2D eigenvalue weighted by molar-refractivity contribution is 7.99. The van der Waals surface area contributed by atoms with E-state index in [0.29, 0.717) is 29.1 Å². The van der Waals surface area contributed by atoms with Gasteiger partial charge < -0.3 is 5.32 Å². The van der Waals surface area contributed by atoms with Crippen molar-refractivity contribution in [1.82, 2.24) is 19.9 Å². The largest absolute Gasteiger partial charge is 0.349 e. The van der Waals surface area contributed by atoms with E-state index < -0.39 is 0 Å². The van der Waals surface area contributed by atoms with E-state index in [9.17, 15) is 10.1 Å². The van der Waals surface area contributed by atoms with E-state index in [1.54, 1.807) is 16.3 Å². The van der Waals surface area contributed by atoms with Crippen molar-refractivity contribution in [2.75, 3.05) is 5.75 Å². The number of nitrogens with one attached hydrogen (secondary N) is 1. The molecule has 148 valence electrons. The number of hydrogen-bond donors (Lipinski definition) is 1. The molecule has 8 heteroatoms. The molecular weight excluding hydrogens is 406 g/mol. The predicted molar refractivity (Wildman–Crippen MR) is 113 cm³/mol. The van der Waals surface area contributed by atoms with Gasteiger partial charge in [-0.15, -0.1) is 11.8 Å². The van der Waals surface area contributed by atoms with Crippen LogP contribution in [-0.4, -0.2) is 26.3 Å². The van der Waals surface area contributed by atoms with Gasteiger partial charge >= 0.3 is 0 Å². The third-order valence-electron chi connectivity index (χ3n) is 5.28. The normalized spacial score (nSPS) is 15.7. The summed E-state index contributed by atoms with van der Waals surface area (Å²) >= 11 is 7.95. The van der Waals surface area contributed by atoms with Crippen LogP contribution in [0, 0.1) is 25.2 Å². The van der Waals surface area contributed by atoms with Gasteiger partial charge in [-0.1, -0.05) is 11.6 Å². The highest BCUT2D eigenvalue weighted by atomic mass is 35.5. The van der Waals surface area contributed by atoms with Crippen molar-refractivity contribution in [3.05, 3.63) is 57.5 Å². The van der Waals surface area contributed by atoms with Crippen molar-refractivity contribution in [2.24, 2.45) is 0 Å². The van der Waals surface area contributed by atoms with Gasteiger partial charge in [-0.3, -0.25) is 4.79 Å². The number of carbonyl (C=O) groups excluding carboxylic acids is 1. The molecule has 4 rings (SSSR count). The molecule has 0 spiro atoms. The molecule has 1 aliphatic rings. The van der Waals surface area contributed by atoms with Crippen molar-refractivity contribution in [2.45, 2.75) is 44.0 Å². The van der Waals surface area contributed by atoms with Gasteiger partial charge in [0, 0.05) is 33.5 Å². The first-order valence-electron chi connectivity index (χ1n) is 9.43. The summed E-state index contributed by atoms with van der Waals surface area (Å²) in [5, 5.41) is 17.3. The molecule has 2 aromatic heterocycles. The fourth-order valence-corrected chi connectivity index (χ4v) is 5.06. The van der Waals surface area contributed by atoms with Crippen molar-refractivity contribution < 1.29 is 4.79 Å². The minimum atomic E-state index is -0.00967. The average Bonchev–Trinajstić information content (AvgIpc) is 3.11. The van der Waals surface area contributed by atoms with Gasteiger partial charge in [-0.2, -0.15) is 10.4 Å². The number of benzene rings is 1. The van der Waals surface area contributed by atoms with Gasteiger partial charge in [-0.25, -0.2) is 9.50 Å². The Morgan fingerprint density at radius 1 is 1.45 bits per heavy atom. The zero-order valence-electron chi connectivity index (χ0n) is 16.2.